The molecule has 4 nitrogen and oxygen atoms in total. The van der Waals surface area contributed by atoms with Crippen LogP contribution < -0.4 is 5.73 Å². The number of rotatable bonds is 0. The largest absolute Gasteiger partial charge is 0.481 e. The normalized spacial score (nSPS) is 6.25. The summed E-state index contributed by atoms with van der Waals surface area (Å²) < 4.78 is 0. The minimum Gasteiger partial charge on any atom is -0.481 e. The van der Waals surface area contributed by atoms with Crippen LogP contribution in [0, 0.1) is 0 Å². The maximum absolute atomic E-state index is 9.22. The van der Waals surface area contributed by atoms with E-state index in [-0.39, 0.29) is 5.91 Å². The lowest BCUT2D eigenvalue weighted by Gasteiger charge is -1.60. The third-order valence-electron chi connectivity index (χ3n) is 0. The Kier molecular flexibility index (Phi) is 7.45. The van der Waals surface area contributed by atoms with E-state index < -0.39 is 5.97 Å². The van der Waals surface area contributed by atoms with Gasteiger partial charge >= 0.3 is 0 Å². The average Bonchev–Trinajstić information content (AvgIpc) is 1.25. The molecule has 1 amide bonds. The third kappa shape index (κ3) is 68.3. The molecule has 0 saturated heterocycles. The highest BCUT2D eigenvalue weighted by Crippen LogP contribution is 1.42. The van der Waals surface area contributed by atoms with Gasteiger partial charge in [0, 0.05) is 13.8 Å². The summed E-state index contributed by atoms with van der Waals surface area (Å²) in [5.41, 5.74) is 4.47. The van der Waals surface area contributed by atoms with Gasteiger partial charge in [0.25, 0.3) is 5.97 Å². The quantitative estimate of drug-likeness (QED) is 0.454. The first-order valence-corrected chi connectivity index (χ1v) is 1.92. The number of nitrogens with two attached hydrogens (primary N) is 1. The van der Waals surface area contributed by atoms with Crippen LogP contribution in [-0.2, 0) is 9.59 Å². The number of carboxylic acid groups (broad SMARTS) is 1. The summed E-state index contributed by atoms with van der Waals surface area (Å²) in [6.45, 7) is 2.39. The smallest absolute Gasteiger partial charge is 0.300 e. The Morgan fingerprint density at radius 2 is 1.38 bits per heavy atom. The number of amides is 1. The molecule has 0 aliphatic rings. The predicted octanol–water partition coefficient (Wildman–Crippen LogP) is -0.417. The maximum atomic E-state index is 9.22. The van der Waals surface area contributed by atoms with Gasteiger partial charge in [-0.15, -0.1) is 0 Å². The zero-order valence-electron chi connectivity index (χ0n) is 4.84. The number of aliphatic carboxylic acids is 1. The molecule has 0 unspecified atom stereocenters. The average molecular weight is 119 g/mol. The molecule has 0 aliphatic carbocycles. The van der Waals surface area contributed by atoms with Crippen molar-refractivity contribution in [3.05, 3.63) is 0 Å². The van der Waals surface area contributed by atoms with Crippen molar-refractivity contribution >= 4 is 11.9 Å². The van der Waals surface area contributed by atoms with Crippen LogP contribution in [0.15, 0.2) is 0 Å². The summed E-state index contributed by atoms with van der Waals surface area (Å²) in [7, 11) is 0. The highest BCUT2D eigenvalue weighted by atomic mass is 16.4. The van der Waals surface area contributed by atoms with Crippen LogP contribution in [0.2, 0.25) is 0 Å². The summed E-state index contributed by atoms with van der Waals surface area (Å²) in [6, 6.07) is 0. The molecule has 0 aromatic heterocycles. The van der Waals surface area contributed by atoms with Gasteiger partial charge in [-0.1, -0.05) is 0 Å². The van der Waals surface area contributed by atoms with E-state index >= 15 is 0 Å². The Morgan fingerprint density at radius 3 is 1.38 bits per heavy atom. The molecule has 0 atom stereocenters. The Balaban J connectivity index is 0. The minimum atomic E-state index is -0.833. The summed E-state index contributed by atoms with van der Waals surface area (Å²) >= 11 is 0. The highest BCUT2D eigenvalue weighted by Gasteiger charge is 1.65. The number of hydrogen-bond acceptors (Lipinski definition) is 2. The number of carboxylic acids is 1. The first-order chi connectivity index (χ1) is 3.46. The van der Waals surface area contributed by atoms with Gasteiger partial charge in [-0.3, -0.25) is 9.59 Å². The second-order valence-corrected chi connectivity index (χ2v) is 1.13. The molecule has 0 heterocycles. The molecule has 0 fully saturated rings. The van der Waals surface area contributed by atoms with Crippen molar-refractivity contribution in [2.45, 2.75) is 13.8 Å². The number of primary amides is 1. The lowest BCUT2D eigenvalue weighted by Crippen LogP contribution is -2.01. The summed E-state index contributed by atoms with van der Waals surface area (Å²) in [6.07, 6.45) is 0. The maximum Gasteiger partial charge on any atom is 0.300 e. The van der Waals surface area contributed by atoms with E-state index in [1.54, 1.807) is 0 Å². The fourth-order valence-electron chi connectivity index (χ4n) is 0. The molecule has 4 heteroatoms. The fourth-order valence-corrected chi connectivity index (χ4v) is 0. The molecule has 0 aliphatic heterocycles. The molecule has 0 saturated carbocycles. The van der Waals surface area contributed by atoms with Crippen molar-refractivity contribution in [3.8, 4) is 0 Å². The summed E-state index contributed by atoms with van der Waals surface area (Å²) in [5.74, 6) is -1.17. The van der Waals surface area contributed by atoms with Crippen molar-refractivity contribution in [2.75, 3.05) is 0 Å². The molecule has 0 bridgehead atoms. The first-order valence-electron chi connectivity index (χ1n) is 1.92. The van der Waals surface area contributed by atoms with Crippen molar-refractivity contribution in [3.63, 3.8) is 0 Å². The van der Waals surface area contributed by atoms with Crippen molar-refractivity contribution in [1.82, 2.24) is 0 Å². The van der Waals surface area contributed by atoms with Crippen molar-refractivity contribution in [2.24, 2.45) is 5.73 Å². The van der Waals surface area contributed by atoms with E-state index in [9.17, 15) is 4.79 Å². The van der Waals surface area contributed by atoms with E-state index in [2.05, 4.69) is 5.73 Å². The lowest BCUT2D eigenvalue weighted by molar-refractivity contribution is -0.134. The minimum absolute atomic E-state index is 0.333. The van der Waals surface area contributed by atoms with Crippen molar-refractivity contribution < 1.29 is 14.7 Å². The van der Waals surface area contributed by atoms with Crippen LogP contribution in [0.25, 0.3) is 0 Å². The van der Waals surface area contributed by atoms with Crippen LogP contribution in [0.5, 0.6) is 0 Å². The number of hydrogen-bond donors (Lipinski definition) is 2. The van der Waals surface area contributed by atoms with Crippen molar-refractivity contribution in [1.29, 1.82) is 0 Å². The zero-order chi connectivity index (χ0) is 7.15. The molecule has 0 aromatic rings. The van der Waals surface area contributed by atoms with Gasteiger partial charge in [0.15, 0.2) is 0 Å². The number of carbonyl (C=O) groups excluding carboxylic acids is 1. The number of carbonyl (C=O) groups is 2. The summed E-state index contributed by atoms with van der Waals surface area (Å²) in [5, 5.41) is 7.42. The summed E-state index contributed by atoms with van der Waals surface area (Å²) in [4.78, 5) is 18.2. The van der Waals surface area contributed by atoms with Gasteiger partial charge in [-0.25, -0.2) is 0 Å². The van der Waals surface area contributed by atoms with Gasteiger partial charge in [0.05, 0.1) is 0 Å². The van der Waals surface area contributed by atoms with Crippen LogP contribution in [0.4, 0.5) is 0 Å². The molecule has 0 rings (SSSR count). The first kappa shape index (κ1) is 10.0. The Morgan fingerprint density at radius 1 is 1.38 bits per heavy atom. The Bertz CT molecular complexity index is 69.3. The highest BCUT2D eigenvalue weighted by molar-refractivity contribution is 5.70. The SMILES string of the molecule is CC(=O)O.CC(N)=O. The van der Waals surface area contributed by atoms with Gasteiger partial charge in [-0.2, -0.15) is 0 Å². The fraction of sp³-hybridized carbons (Fsp3) is 0.500. The van der Waals surface area contributed by atoms with E-state index in [1.165, 1.54) is 6.92 Å². The molecular formula is C4H9NO3. The van der Waals surface area contributed by atoms with E-state index in [0.29, 0.717) is 0 Å². The molecule has 0 spiro atoms. The van der Waals surface area contributed by atoms with Crippen LogP contribution in [-0.4, -0.2) is 17.0 Å². The van der Waals surface area contributed by atoms with Crippen LogP contribution in [0.3, 0.4) is 0 Å². The molecule has 3 N–H and O–H groups in total. The standard InChI is InChI=1S/C2H5NO.C2H4O2/c2*1-2(3)4/h1H3,(H2,3,4);1H3,(H,3,4). The Hall–Kier alpha value is -1.06. The zero-order valence-corrected chi connectivity index (χ0v) is 4.84. The van der Waals surface area contributed by atoms with Gasteiger partial charge in [-0.05, 0) is 0 Å². The second-order valence-electron chi connectivity index (χ2n) is 1.13. The van der Waals surface area contributed by atoms with E-state index in [1.807, 2.05) is 0 Å². The molecule has 0 aromatic carbocycles. The van der Waals surface area contributed by atoms with E-state index in [0.717, 1.165) is 6.92 Å². The lowest BCUT2D eigenvalue weighted by atomic mass is 10.8. The Labute approximate surface area is 47.3 Å². The third-order valence-corrected chi connectivity index (χ3v) is 0. The van der Waals surface area contributed by atoms with Gasteiger partial charge in [0.1, 0.15) is 0 Å². The topological polar surface area (TPSA) is 80.4 Å². The monoisotopic (exact) mass is 119 g/mol. The molecular weight excluding hydrogens is 110 g/mol. The predicted molar refractivity (Wildman–Crippen MR) is 28.2 cm³/mol. The van der Waals surface area contributed by atoms with Gasteiger partial charge in [0.2, 0.25) is 5.91 Å². The molecule has 0 radical (unpaired) electrons. The van der Waals surface area contributed by atoms with Crippen LogP contribution in [0.1, 0.15) is 13.8 Å². The molecule has 48 valence electrons. The van der Waals surface area contributed by atoms with Gasteiger partial charge < -0.3 is 10.8 Å². The molecule has 8 heavy (non-hydrogen) atoms. The van der Waals surface area contributed by atoms with E-state index in [4.69, 9.17) is 9.90 Å². The second kappa shape index (κ2) is 5.94. The van der Waals surface area contributed by atoms with Crippen LogP contribution >= 0.6 is 0 Å².